The molecule has 2 heterocycles. The van der Waals surface area contributed by atoms with E-state index in [1.54, 1.807) is 0 Å². The Morgan fingerprint density at radius 1 is 1.10 bits per heavy atom. The summed E-state index contributed by atoms with van der Waals surface area (Å²) in [5.74, 6) is -0.0179. The molecular formula is C25H23N3OS. The van der Waals surface area contributed by atoms with Crippen molar-refractivity contribution in [3.63, 3.8) is 0 Å². The molecular weight excluding hydrogens is 390 g/mol. The molecule has 0 spiro atoms. The third-order valence-corrected chi connectivity index (χ3v) is 7.07. The molecule has 0 amide bonds. The summed E-state index contributed by atoms with van der Waals surface area (Å²) in [5, 5.41) is 22.9. The molecule has 3 aromatic rings. The number of thiazole rings is 1. The van der Waals surface area contributed by atoms with Gasteiger partial charge in [0.25, 0.3) is 0 Å². The lowest BCUT2D eigenvalue weighted by Gasteiger charge is -2.51. The Morgan fingerprint density at radius 2 is 1.90 bits per heavy atom. The molecule has 1 saturated heterocycles. The van der Waals surface area contributed by atoms with Crippen LogP contribution in [-0.2, 0) is 0 Å². The first-order chi connectivity index (χ1) is 14.8. The number of hydrogen-bond acceptors (Lipinski definition) is 5. The molecule has 1 N–H and O–H groups in total. The fraction of sp³-hybridized carbons (Fsp3) is 0.280. The average Bonchev–Trinajstić information content (AvgIpc) is 3.48. The summed E-state index contributed by atoms with van der Waals surface area (Å²) in [5.41, 5.74) is 5.76. The highest BCUT2D eigenvalue weighted by Gasteiger charge is 2.50. The lowest BCUT2D eigenvalue weighted by molar-refractivity contribution is 0.187. The van der Waals surface area contributed by atoms with E-state index >= 15 is 0 Å². The lowest BCUT2D eigenvalue weighted by atomic mass is 9.76. The normalized spacial score (nSPS) is 23.0. The molecule has 1 fully saturated rings. The average molecular weight is 414 g/mol. The van der Waals surface area contributed by atoms with Crippen molar-refractivity contribution < 1.29 is 5.11 Å². The zero-order valence-corrected chi connectivity index (χ0v) is 17.4. The van der Waals surface area contributed by atoms with Crippen molar-refractivity contribution in [1.29, 1.82) is 5.26 Å². The van der Waals surface area contributed by atoms with E-state index in [-0.39, 0.29) is 24.6 Å². The van der Waals surface area contributed by atoms with Crippen molar-refractivity contribution in [1.82, 2.24) is 4.98 Å². The Morgan fingerprint density at radius 3 is 2.57 bits per heavy atom. The maximum atomic E-state index is 10.1. The van der Waals surface area contributed by atoms with Crippen molar-refractivity contribution in [2.24, 2.45) is 0 Å². The van der Waals surface area contributed by atoms with Gasteiger partial charge in [0.2, 0.25) is 0 Å². The minimum atomic E-state index is -0.325. The fourth-order valence-electron chi connectivity index (χ4n) is 4.65. The van der Waals surface area contributed by atoms with Gasteiger partial charge < -0.3 is 10.0 Å². The van der Waals surface area contributed by atoms with Gasteiger partial charge in [-0.15, -0.1) is 11.3 Å². The van der Waals surface area contributed by atoms with Gasteiger partial charge in [0.1, 0.15) is 6.04 Å². The topological polar surface area (TPSA) is 60.1 Å². The number of hydrogen-bond donors (Lipinski definition) is 1. The Hall–Kier alpha value is -2.94. The van der Waals surface area contributed by atoms with Gasteiger partial charge in [-0.05, 0) is 36.0 Å². The van der Waals surface area contributed by atoms with E-state index in [0.29, 0.717) is 0 Å². The van der Waals surface area contributed by atoms with Crippen LogP contribution in [0.3, 0.4) is 0 Å². The molecule has 5 rings (SSSR count). The highest BCUT2D eigenvalue weighted by atomic mass is 32.1. The van der Waals surface area contributed by atoms with Crippen molar-refractivity contribution >= 4 is 22.0 Å². The number of aromatic nitrogens is 1. The Bertz CT molecular complexity index is 1100. The molecule has 3 atom stereocenters. The van der Waals surface area contributed by atoms with Crippen LogP contribution in [0.15, 0.2) is 66.1 Å². The van der Waals surface area contributed by atoms with Crippen LogP contribution in [0, 0.1) is 11.3 Å². The molecule has 5 heteroatoms. The Kier molecular flexibility index (Phi) is 5.12. The maximum absolute atomic E-state index is 10.1. The number of aliphatic hydroxyl groups excluding tert-OH is 1. The number of anilines is 1. The molecule has 0 unspecified atom stereocenters. The first-order valence-corrected chi connectivity index (χ1v) is 11.3. The van der Waals surface area contributed by atoms with Crippen LogP contribution in [0.2, 0.25) is 0 Å². The zero-order valence-electron chi connectivity index (χ0n) is 16.6. The summed E-state index contributed by atoms with van der Waals surface area (Å²) in [7, 11) is 0. The second-order valence-corrected chi connectivity index (χ2v) is 8.72. The summed E-state index contributed by atoms with van der Waals surface area (Å²) in [6, 6.07) is 20.6. The predicted octanol–water partition coefficient (Wildman–Crippen LogP) is 5.23. The number of aliphatic hydroxyl groups is 1. The fourth-order valence-corrected chi connectivity index (χ4v) is 5.57. The predicted molar refractivity (Wildman–Crippen MR) is 121 cm³/mol. The highest BCUT2D eigenvalue weighted by Crippen LogP contribution is 2.45. The maximum Gasteiger partial charge on any atom is 0.187 e. The van der Waals surface area contributed by atoms with Crippen LogP contribution in [0.4, 0.5) is 5.13 Å². The van der Waals surface area contributed by atoms with E-state index in [4.69, 9.17) is 4.98 Å². The minimum Gasteiger partial charge on any atom is -0.394 e. The third kappa shape index (κ3) is 3.23. The van der Waals surface area contributed by atoms with Crippen molar-refractivity contribution in [3.8, 4) is 17.3 Å². The Labute approximate surface area is 180 Å². The smallest absolute Gasteiger partial charge is 0.187 e. The number of rotatable bonds is 5. The van der Waals surface area contributed by atoms with Crippen molar-refractivity contribution in [2.75, 3.05) is 11.5 Å². The molecule has 30 heavy (non-hydrogen) atoms. The van der Waals surface area contributed by atoms with Gasteiger partial charge in [-0.2, -0.15) is 5.26 Å². The quantitative estimate of drug-likeness (QED) is 0.622. The SMILES string of the molecule is N#C[C@H]1[C@H](c2ccc(C3=CCCC3)cc2)[C@@H](CO)N1c1nc(-c2ccccc2)cs1. The molecule has 2 aliphatic rings. The van der Waals surface area contributed by atoms with E-state index < -0.39 is 0 Å². The van der Waals surface area contributed by atoms with Gasteiger partial charge in [-0.3, -0.25) is 0 Å². The van der Waals surface area contributed by atoms with Crippen LogP contribution >= 0.6 is 11.3 Å². The molecule has 2 aromatic carbocycles. The summed E-state index contributed by atoms with van der Waals surface area (Å²) in [4.78, 5) is 6.75. The molecule has 1 aliphatic carbocycles. The number of nitrogens with zero attached hydrogens (tertiary/aromatic N) is 3. The number of benzene rings is 2. The lowest BCUT2D eigenvalue weighted by Crippen LogP contribution is -2.63. The molecule has 0 bridgehead atoms. The largest absolute Gasteiger partial charge is 0.394 e. The van der Waals surface area contributed by atoms with Gasteiger partial charge in [-0.1, -0.05) is 60.7 Å². The van der Waals surface area contributed by atoms with Gasteiger partial charge in [-0.25, -0.2) is 4.98 Å². The molecule has 4 nitrogen and oxygen atoms in total. The first kappa shape index (κ1) is 19.0. The van der Waals surface area contributed by atoms with Gasteiger partial charge >= 0.3 is 0 Å². The zero-order chi connectivity index (χ0) is 20.5. The summed E-state index contributed by atoms with van der Waals surface area (Å²) in [6.45, 7) is -0.00397. The van der Waals surface area contributed by atoms with E-state index in [1.165, 1.54) is 28.9 Å². The summed E-state index contributed by atoms with van der Waals surface area (Å²) in [6.07, 6.45) is 5.86. The van der Waals surface area contributed by atoms with Gasteiger partial charge in [0, 0.05) is 16.9 Å². The molecule has 150 valence electrons. The minimum absolute atomic E-state index is 0.00397. The monoisotopic (exact) mass is 413 g/mol. The van der Waals surface area contributed by atoms with E-state index in [0.717, 1.165) is 34.8 Å². The second-order valence-electron chi connectivity index (χ2n) is 7.88. The standard InChI is InChI=1S/C25H23N3OS/c26-14-22-24(20-12-10-18(11-13-20)17-6-4-5-7-17)23(15-29)28(22)25-27-21(16-30-25)19-8-2-1-3-9-19/h1-3,6,8-13,16,22-24,29H,4-5,7,15H2/t22-,23+,24-/m0/s1. The van der Waals surface area contributed by atoms with Crippen LogP contribution in [0.25, 0.3) is 16.8 Å². The van der Waals surface area contributed by atoms with Crippen molar-refractivity contribution in [3.05, 3.63) is 77.2 Å². The van der Waals surface area contributed by atoms with E-state index in [2.05, 4.69) is 36.4 Å². The molecule has 0 saturated carbocycles. The van der Waals surface area contributed by atoms with Crippen LogP contribution < -0.4 is 4.90 Å². The summed E-state index contributed by atoms with van der Waals surface area (Å²) >= 11 is 1.53. The third-order valence-electron chi connectivity index (χ3n) is 6.22. The van der Waals surface area contributed by atoms with Crippen LogP contribution in [0.1, 0.15) is 36.3 Å². The van der Waals surface area contributed by atoms with E-state index in [9.17, 15) is 10.4 Å². The first-order valence-electron chi connectivity index (χ1n) is 10.4. The molecule has 1 aromatic heterocycles. The van der Waals surface area contributed by atoms with Crippen LogP contribution in [0.5, 0.6) is 0 Å². The number of nitriles is 1. The van der Waals surface area contributed by atoms with E-state index in [1.807, 2.05) is 40.6 Å². The van der Waals surface area contributed by atoms with Crippen molar-refractivity contribution in [2.45, 2.75) is 37.3 Å². The van der Waals surface area contributed by atoms with Gasteiger partial charge in [0.15, 0.2) is 5.13 Å². The molecule has 0 radical (unpaired) electrons. The highest BCUT2D eigenvalue weighted by molar-refractivity contribution is 7.14. The number of allylic oxidation sites excluding steroid dienone is 2. The van der Waals surface area contributed by atoms with Gasteiger partial charge in [0.05, 0.1) is 24.4 Å². The second kappa shape index (κ2) is 8.06. The van der Waals surface area contributed by atoms with Crippen LogP contribution in [-0.4, -0.2) is 28.8 Å². The summed E-state index contributed by atoms with van der Waals surface area (Å²) < 4.78 is 0. The Balaban J connectivity index is 1.40. The molecule has 1 aliphatic heterocycles.